The normalized spacial score (nSPS) is 10.2. The van der Waals surface area contributed by atoms with Crippen LogP contribution < -0.4 is 14.9 Å². The first-order valence-electron chi connectivity index (χ1n) is 5.69. The molecule has 0 atom stereocenters. The lowest BCUT2D eigenvalue weighted by molar-refractivity contribution is -0.116. The summed E-state index contributed by atoms with van der Waals surface area (Å²) in [6, 6.07) is 7.02. The first-order chi connectivity index (χ1) is 9.10. The van der Waals surface area contributed by atoms with E-state index in [1.54, 1.807) is 43.7 Å². The number of nitrogens with one attached hydrogen (secondary N) is 1. The predicted octanol–water partition coefficient (Wildman–Crippen LogP) is 1.87. The van der Waals surface area contributed by atoms with Crippen molar-refractivity contribution in [3.63, 3.8) is 0 Å². The number of rotatable bonds is 4. The first kappa shape index (κ1) is 13.4. The maximum absolute atomic E-state index is 11.8. The van der Waals surface area contributed by atoms with Gasteiger partial charge in [-0.25, -0.2) is 0 Å². The molecule has 1 aromatic heterocycles. The number of methoxy groups -OCH3 is 1. The van der Waals surface area contributed by atoms with Crippen LogP contribution in [0.15, 0.2) is 34.4 Å². The van der Waals surface area contributed by atoms with E-state index < -0.39 is 0 Å². The second kappa shape index (κ2) is 5.71. The molecule has 0 aliphatic rings. The van der Waals surface area contributed by atoms with Crippen molar-refractivity contribution in [3.8, 4) is 5.75 Å². The van der Waals surface area contributed by atoms with Crippen LogP contribution in [-0.4, -0.2) is 17.6 Å². The molecule has 1 aromatic carbocycles. The quantitative estimate of drug-likeness (QED) is 0.928. The Morgan fingerprint density at radius 3 is 2.58 bits per heavy atom. The van der Waals surface area contributed by atoms with Crippen LogP contribution in [0.4, 0.5) is 5.69 Å². The summed E-state index contributed by atoms with van der Waals surface area (Å²) in [6.07, 6.45) is 0. The van der Waals surface area contributed by atoms with Gasteiger partial charge in [0.1, 0.15) is 12.3 Å². The van der Waals surface area contributed by atoms with E-state index in [0.717, 1.165) is 22.8 Å². The van der Waals surface area contributed by atoms with E-state index >= 15 is 0 Å². The Bertz CT molecular complexity index is 628. The van der Waals surface area contributed by atoms with Gasteiger partial charge in [0.25, 0.3) is 0 Å². The highest BCUT2D eigenvalue weighted by Gasteiger charge is 2.08. The van der Waals surface area contributed by atoms with E-state index in [1.165, 1.54) is 4.57 Å². The largest absolute Gasteiger partial charge is 0.497 e. The van der Waals surface area contributed by atoms with Gasteiger partial charge < -0.3 is 10.1 Å². The summed E-state index contributed by atoms with van der Waals surface area (Å²) in [5, 5.41) is 4.48. The van der Waals surface area contributed by atoms with Gasteiger partial charge >= 0.3 is 4.87 Å². The van der Waals surface area contributed by atoms with E-state index in [1.807, 2.05) is 0 Å². The number of carbonyl (C=O) groups excluding carboxylic acids is 1. The molecular weight excluding hydrogens is 264 g/mol. The number of anilines is 1. The van der Waals surface area contributed by atoms with Crippen molar-refractivity contribution in [2.75, 3.05) is 12.4 Å². The number of benzene rings is 1. The molecule has 0 fully saturated rings. The van der Waals surface area contributed by atoms with Crippen molar-refractivity contribution in [3.05, 3.63) is 45.0 Å². The van der Waals surface area contributed by atoms with Gasteiger partial charge in [-0.1, -0.05) is 11.3 Å². The number of hydrogen-bond donors (Lipinski definition) is 1. The van der Waals surface area contributed by atoms with Crippen molar-refractivity contribution in [2.45, 2.75) is 13.5 Å². The Balaban J connectivity index is 2.03. The van der Waals surface area contributed by atoms with Crippen molar-refractivity contribution in [2.24, 2.45) is 0 Å². The van der Waals surface area contributed by atoms with Crippen LogP contribution in [-0.2, 0) is 11.3 Å². The van der Waals surface area contributed by atoms with Gasteiger partial charge in [0.15, 0.2) is 0 Å². The van der Waals surface area contributed by atoms with Gasteiger partial charge in [-0.3, -0.25) is 14.2 Å². The molecule has 2 rings (SSSR count). The lowest BCUT2D eigenvalue weighted by Gasteiger charge is -2.07. The molecule has 0 bridgehead atoms. The average molecular weight is 278 g/mol. The van der Waals surface area contributed by atoms with E-state index in [0.29, 0.717) is 5.69 Å². The van der Waals surface area contributed by atoms with Crippen LogP contribution >= 0.6 is 11.3 Å². The van der Waals surface area contributed by atoms with Crippen molar-refractivity contribution < 1.29 is 9.53 Å². The average Bonchev–Trinajstić information content (AvgIpc) is 2.71. The molecule has 2 aromatic rings. The topological polar surface area (TPSA) is 60.3 Å². The van der Waals surface area contributed by atoms with Gasteiger partial charge in [0.05, 0.1) is 7.11 Å². The van der Waals surface area contributed by atoms with E-state index in [2.05, 4.69) is 5.32 Å². The summed E-state index contributed by atoms with van der Waals surface area (Å²) in [5.41, 5.74) is 1.46. The predicted molar refractivity (Wildman–Crippen MR) is 74.9 cm³/mol. The van der Waals surface area contributed by atoms with Gasteiger partial charge in [0.2, 0.25) is 5.91 Å². The SMILES string of the molecule is COc1ccc(NC(=O)Cn2c(C)csc2=O)cc1. The van der Waals surface area contributed by atoms with E-state index in [-0.39, 0.29) is 17.3 Å². The number of thiazole rings is 1. The van der Waals surface area contributed by atoms with Crippen LogP contribution in [0.5, 0.6) is 5.75 Å². The van der Waals surface area contributed by atoms with Crippen molar-refractivity contribution in [1.29, 1.82) is 0 Å². The van der Waals surface area contributed by atoms with Crippen molar-refractivity contribution in [1.82, 2.24) is 4.57 Å². The Labute approximate surface area is 114 Å². The summed E-state index contributed by atoms with van der Waals surface area (Å²) in [4.78, 5) is 23.2. The summed E-state index contributed by atoms with van der Waals surface area (Å²) in [5.74, 6) is 0.497. The third-order valence-electron chi connectivity index (χ3n) is 2.65. The molecule has 19 heavy (non-hydrogen) atoms. The fraction of sp³-hybridized carbons (Fsp3) is 0.231. The number of hydrogen-bond acceptors (Lipinski definition) is 4. The number of ether oxygens (including phenoxy) is 1. The molecule has 0 saturated heterocycles. The highest BCUT2D eigenvalue weighted by molar-refractivity contribution is 7.07. The van der Waals surface area contributed by atoms with E-state index in [4.69, 9.17) is 4.74 Å². The fourth-order valence-corrected chi connectivity index (χ4v) is 2.35. The standard InChI is InChI=1S/C13H14N2O3S/c1-9-8-19-13(17)15(9)7-12(16)14-10-3-5-11(18-2)6-4-10/h3-6,8H,7H2,1-2H3,(H,14,16). The van der Waals surface area contributed by atoms with E-state index in [9.17, 15) is 9.59 Å². The number of aromatic nitrogens is 1. The zero-order chi connectivity index (χ0) is 13.8. The molecule has 0 unspecified atom stereocenters. The monoisotopic (exact) mass is 278 g/mol. The van der Waals surface area contributed by atoms with Crippen LogP contribution in [0, 0.1) is 6.92 Å². The molecule has 0 saturated carbocycles. The highest BCUT2D eigenvalue weighted by Crippen LogP contribution is 2.15. The van der Waals surface area contributed by atoms with Crippen LogP contribution in [0.3, 0.4) is 0 Å². The molecule has 0 aliphatic carbocycles. The van der Waals surface area contributed by atoms with Gasteiger partial charge in [-0.05, 0) is 31.2 Å². The summed E-state index contributed by atoms with van der Waals surface area (Å²) < 4.78 is 6.48. The molecule has 0 radical (unpaired) electrons. The number of carbonyl (C=O) groups is 1. The Morgan fingerprint density at radius 1 is 1.37 bits per heavy atom. The minimum absolute atomic E-state index is 0.0280. The fourth-order valence-electron chi connectivity index (χ4n) is 1.61. The first-order valence-corrected chi connectivity index (χ1v) is 6.57. The molecule has 0 aliphatic heterocycles. The van der Waals surface area contributed by atoms with Crippen LogP contribution in [0.2, 0.25) is 0 Å². The zero-order valence-corrected chi connectivity index (χ0v) is 11.5. The highest BCUT2D eigenvalue weighted by atomic mass is 32.1. The third kappa shape index (κ3) is 3.23. The molecule has 1 amide bonds. The lowest BCUT2D eigenvalue weighted by Crippen LogP contribution is -2.25. The number of aryl methyl sites for hydroxylation is 1. The smallest absolute Gasteiger partial charge is 0.307 e. The second-order valence-electron chi connectivity index (χ2n) is 4.01. The summed E-state index contributed by atoms with van der Waals surface area (Å²) >= 11 is 1.10. The van der Waals surface area contributed by atoms with Gasteiger partial charge in [-0.2, -0.15) is 0 Å². The minimum atomic E-state index is -0.228. The van der Waals surface area contributed by atoms with Crippen LogP contribution in [0.25, 0.3) is 0 Å². The molecule has 100 valence electrons. The van der Waals surface area contributed by atoms with Crippen LogP contribution in [0.1, 0.15) is 5.69 Å². The summed E-state index contributed by atoms with van der Waals surface area (Å²) in [7, 11) is 1.58. The Hall–Kier alpha value is -2.08. The maximum Gasteiger partial charge on any atom is 0.307 e. The van der Waals surface area contributed by atoms with Gasteiger partial charge in [0, 0.05) is 16.8 Å². The second-order valence-corrected chi connectivity index (χ2v) is 4.83. The Morgan fingerprint density at radius 2 is 2.05 bits per heavy atom. The van der Waals surface area contributed by atoms with Crippen molar-refractivity contribution >= 4 is 22.9 Å². The Kier molecular flexibility index (Phi) is 4.01. The third-order valence-corrected chi connectivity index (χ3v) is 3.53. The lowest BCUT2D eigenvalue weighted by atomic mass is 10.3. The molecule has 6 heteroatoms. The molecular formula is C13H14N2O3S. The molecule has 5 nitrogen and oxygen atoms in total. The number of nitrogens with zero attached hydrogens (tertiary/aromatic N) is 1. The number of amides is 1. The minimum Gasteiger partial charge on any atom is -0.497 e. The summed E-state index contributed by atoms with van der Waals surface area (Å²) in [6.45, 7) is 1.83. The maximum atomic E-state index is 11.8. The molecule has 1 N–H and O–H groups in total. The molecule has 1 heterocycles. The molecule has 0 spiro atoms. The van der Waals surface area contributed by atoms with Gasteiger partial charge in [-0.15, -0.1) is 0 Å². The zero-order valence-electron chi connectivity index (χ0n) is 10.7.